The number of aliphatic hydroxyl groups is 2. The van der Waals surface area contributed by atoms with Gasteiger partial charge >= 0.3 is 0 Å². The smallest absolute Gasteiger partial charge is 0.237 e. The average Bonchev–Trinajstić information content (AvgIpc) is 2.61. The molecule has 0 radical (unpaired) electrons. The number of hydrogen-bond donors (Lipinski definition) is 3. The second-order valence-corrected chi connectivity index (χ2v) is 6.71. The molecule has 0 spiro atoms. The van der Waals surface area contributed by atoms with Gasteiger partial charge in [0.15, 0.2) is 0 Å². The number of aliphatic hydroxyl groups excluding tert-OH is 2. The molecule has 6 heteroatoms. The fourth-order valence-corrected chi connectivity index (χ4v) is 3.52. The van der Waals surface area contributed by atoms with Crippen LogP contribution in [0.4, 0.5) is 0 Å². The minimum atomic E-state index is -0.581. The Kier molecular flexibility index (Phi) is 5.38. The lowest BCUT2D eigenvalue weighted by molar-refractivity contribution is -0.128. The van der Waals surface area contributed by atoms with Crippen LogP contribution in [0.1, 0.15) is 31.4 Å². The fourth-order valence-electron chi connectivity index (χ4n) is 3.52. The van der Waals surface area contributed by atoms with Crippen molar-refractivity contribution in [1.29, 1.82) is 0 Å². The van der Waals surface area contributed by atoms with Gasteiger partial charge in [-0.25, -0.2) is 0 Å². The zero-order valence-electron chi connectivity index (χ0n) is 14.0. The summed E-state index contributed by atoms with van der Waals surface area (Å²) in [7, 11) is 0. The monoisotopic (exact) mass is 334 g/mol. The second kappa shape index (κ2) is 7.51. The van der Waals surface area contributed by atoms with Crippen LogP contribution in [-0.4, -0.2) is 59.5 Å². The first-order valence-corrected chi connectivity index (χ1v) is 8.65. The fraction of sp³-hybridized carbons (Fsp3) is 0.611. The van der Waals surface area contributed by atoms with Gasteiger partial charge in [-0.1, -0.05) is 18.2 Å². The SMILES string of the molecule is C[C@H](C(=O)N[C@@H]1CCOc2ccccc21)N1CC[C@H](CO)[C@@H](O)C1. The lowest BCUT2D eigenvalue weighted by Crippen LogP contribution is -2.53. The van der Waals surface area contributed by atoms with E-state index in [-0.39, 0.29) is 30.5 Å². The van der Waals surface area contributed by atoms with Gasteiger partial charge < -0.3 is 20.3 Å². The van der Waals surface area contributed by atoms with Crippen molar-refractivity contribution < 1.29 is 19.7 Å². The third kappa shape index (κ3) is 3.55. The quantitative estimate of drug-likeness (QED) is 0.755. The molecule has 0 bridgehead atoms. The first-order valence-electron chi connectivity index (χ1n) is 8.65. The van der Waals surface area contributed by atoms with Gasteiger partial charge in [-0.05, 0) is 26.0 Å². The Bertz CT molecular complexity index is 580. The number of carbonyl (C=O) groups is 1. The van der Waals surface area contributed by atoms with E-state index >= 15 is 0 Å². The normalized spacial score (nSPS) is 28.5. The third-order valence-electron chi connectivity index (χ3n) is 5.19. The summed E-state index contributed by atoms with van der Waals surface area (Å²) in [6.45, 7) is 3.59. The highest BCUT2D eigenvalue weighted by atomic mass is 16.5. The number of β-amino-alcohol motifs (C(OH)–C–C–N with tert-alkyl or cyclic N) is 1. The van der Waals surface area contributed by atoms with Crippen LogP contribution >= 0.6 is 0 Å². The van der Waals surface area contributed by atoms with Gasteiger partial charge in [0.05, 0.1) is 24.8 Å². The van der Waals surface area contributed by atoms with E-state index < -0.39 is 6.10 Å². The van der Waals surface area contributed by atoms with Gasteiger partial charge in [0.25, 0.3) is 0 Å². The molecular formula is C18H26N2O4. The van der Waals surface area contributed by atoms with Crippen LogP contribution in [0.3, 0.4) is 0 Å². The number of hydrogen-bond acceptors (Lipinski definition) is 5. The standard InChI is InChI=1S/C18H26N2O4/c1-12(20-8-6-13(11-21)16(22)10-20)18(23)19-15-7-9-24-17-5-3-2-4-14(15)17/h2-5,12-13,15-16,21-22H,6-11H2,1H3,(H,19,23)/t12-,13-,15-,16+/m1/s1. The minimum absolute atomic E-state index is 0.00551. The van der Waals surface area contributed by atoms with Crippen LogP contribution in [0.25, 0.3) is 0 Å². The Morgan fingerprint density at radius 2 is 2.21 bits per heavy atom. The Morgan fingerprint density at radius 3 is 2.96 bits per heavy atom. The largest absolute Gasteiger partial charge is 0.493 e. The van der Waals surface area contributed by atoms with Crippen molar-refractivity contribution in [3.63, 3.8) is 0 Å². The van der Waals surface area contributed by atoms with E-state index in [1.807, 2.05) is 36.1 Å². The first-order chi connectivity index (χ1) is 11.6. The molecule has 2 aliphatic rings. The molecule has 0 unspecified atom stereocenters. The summed E-state index contributed by atoms with van der Waals surface area (Å²) >= 11 is 0. The molecular weight excluding hydrogens is 308 g/mol. The van der Waals surface area contributed by atoms with E-state index in [0.29, 0.717) is 26.1 Å². The van der Waals surface area contributed by atoms with Gasteiger partial charge in [-0.2, -0.15) is 0 Å². The van der Waals surface area contributed by atoms with Crippen molar-refractivity contribution in [3.05, 3.63) is 29.8 Å². The highest BCUT2D eigenvalue weighted by molar-refractivity contribution is 5.82. The number of para-hydroxylation sites is 1. The number of amides is 1. The molecule has 0 aliphatic carbocycles. The molecule has 2 aliphatic heterocycles. The molecule has 1 amide bonds. The third-order valence-corrected chi connectivity index (χ3v) is 5.19. The van der Waals surface area contributed by atoms with Crippen LogP contribution in [-0.2, 0) is 4.79 Å². The van der Waals surface area contributed by atoms with Crippen molar-refractivity contribution in [1.82, 2.24) is 10.2 Å². The number of nitrogens with zero attached hydrogens (tertiary/aromatic N) is 1. The van der Waals surface area contributed by atoms with Gasteiger partial charge in [0.1, 0.15) is 5.75 Å². The topological polar surface area (TPSA) is 82.0 Å². The number of benzene rings is 1. The van der Waals surface area contributed by atoms with Crippen molar-refractivity contribution in [2.45, 2.75) is 38.0 Å². The number of piperidine rings is 1. The molecule has 132 valence electrons. The zero-order valence-corrected chi connectivity index (χ0v) is 14.0. The predicted molar refractivity (Wildman–Crippen MR) is 89.7 cm³/mol. The highest BCUT2D eigenvalue weighted by Gasteiger charge is 2.33. The van der Waals surface area contributed by atoms with Gasteiger partial charge in [0.2, 0.25) is 5.91 Å². The lowest BCUT2D eigenvalue weighted by atomic mass is 9.93. The molecule has 0 saturated carbocycles. The predicted octanol–water partition coefficient (Wildman–Crippen LogP) is 0.690. The Morgan fingerprint density at radius 1 is 1.42 bits per heavy atom. The van der Waals surface area contributed by atoms with Gasteiger partial charge in [-0.3, -0.25) is 9.69 Å². The van der Waals surface area contributed by atoms with Crippen molar-refractivity contribution in [3.8, 4) is 5.75 Å². The molecule has 4 atom stereocenters. The van der Waals surface area contributed by atoms with Crippen molar-refractivity contribution >= 4 is 5.91 Å². The lowest BCUT2D eigenvalue weighted by Gasteiger charge is -2.38. The summed E-state index contributed by atoms with van der Waals surface area (Å²) < 4.78 is 5.63. The van der Waals surface area contributed by atoms with Crippen LogP contribution in [0.5, 0.6) is 5.75 Å². The summed E-state index contributed by atoms with van der Waals surface area (Å²) in [5.74, 6) is 0.714. The maximum Gasteiger partial charge on any atom is 0.237 e. The number of nitrogens with one attached hydrogen (secondary N) is 1. The van der Waals surface area contributed by atoms with Crippen molar-refractivity contribution in [2.24, 2.45) is 5.92 Å². The van der Waals surface area contributed by atoms with Crippen molar-refractivity contribution in [2.75, 3.05) is 26.3 Å². The molecule has 3 rings (SSSR count). The molecule has 1 fully saturated rings. The zero-order chi connectivity index (χ0) is 17.1. The van der Waals surface area contributed by atoms with E-state index in [1.54, 1.807) is 0 Å². The van der Waals surface area contributed by atoms with E-state index in [0.717, 1.165) is 17.7 Å². The Hall–Kier alpha value is -1.63. The van der Waals surface area contributed by atoms with Gasteiger partial charge in [0, 0.05) is 31.1 Å². The number of likely N-dealkylation sites (tertiary alicyclic amines) is 1. The number of rotatable bonds is 4. The highest BCUT2D eigenvalue weighted by Crippen LogP contribution is 2.31. The van der Waals surface area contributed by atoms with Crippen LogP contribution in [0.15, 0.2) is 24.3 Å². The van der Waals surface area contributed by atoms with E-state index in [4.69, 9.17) is 4.74 Å². The summed E-state index contributed by atoms with van der Waals surface area (Å²) in [6.07, 6.45) is 0.878. The molecule has 3 N–H and O–H groups in total. The van der Waals surface area contributed by atoms with Crippen LogP contribution in [0.2, 0.25) is 0 Å². The summed E-state index contributed by atoms with van der Waals surface area (Å²) in [5.41, 5.74) is 1.02. The maximum absolute atomic E-state index is 12.7. The average molecular weight is 334 g/mol. The maximum atomic E-state index is 12.7. The Balaban J connectivity index is 1.61. The number of ether oxygens (including phenoxy) is 1. The summed E-state index contributed by atoms with van der Waals surface area (Å²) in [4.78, 5) is 14.6. The molecule has 1 aromatic rings. The van der Waals surface area contributed by atoms with E-state index in [2.05, 4.69) is 5.32 Å². The molecule has 1 aromatic carbocycles. The van der Waals surface area contributed by atoms with Crippen LogP contribution < -0.4 is 10.1 Å². The molecule has 6 nitrogen and oxygen atoms in total. The first kappa shape index (κ1) is 17.2. The summed E-state index contributed by atoms with van der Waals surface area (Å²) in [6, 6.07) is 7.44. The van der Waals surface area contributed by atoms with E-state index in [1.165, 1.54) is 0 Å². The molecule has 0 aromatic heterocycles. The molecule has 2 heterocycles. The number of fused-ring (bicyclic) bond motifs is 1. The second-order valence-electron chi connectivity index (χ2n) is 6.71. The van der Waals surface area contributed by atoms with Crippen LogP contribution in [0, 0.1) is 5.92 Å². The van der Waals surface area contributed by atoms with Gasteiger partial charge in [-0.15, -0.1) is 0 Å². The summed E-state index contributed by atoms with van der Waals surface area (Å²) in [5, 5.41) is 22.4. The van der Waals surface area contributed by atoms with E-state index in [9.17, 15) is 15.0 Å². The molecule has 24 heavy (non-hydrogen) atoms. The molecule has 1 saturated heterocycles. The Labute approximate surface area is 142 Å². The number of carbonyl (C=O) groups excluding carboxylic acids is 1. The minimum Gasteiger partial charge on any atom is -0.493 e.